The Morgan fingerprint density at radius 3 is 2.37 bits per heavy atom. The molecule has 2 aromatic rings. The maximum Gasteiger partial charge on any atom is 0.0410 e. The van der Waals surface area contributed by atoms with Crippen molar-refractivity contribution in [2.24, 2.45) is 11.7 Å². The lowest BCUT2D eigenvalue weighted by Crippen LogP contribution is -2.44. The van der Waals surface area contributed by atoms with E-state index in [-0.39, 0.29) is 5.54 Å². The fourth-order valence-electron chi connectivity index (χ4n) is 3.28. The average molecular weight is 251 g/mol. The summed E-state index contributed by atoms with van der Waals surface area (Å²) in [5.74, 6) is 0.955. The standard InChI is InChI=1S/C18H21N/c1-13-12-16(14-8-4-3-5-9-14)15-10-6-7-11-17(15)18(13,2)19/h3-11,13,16H,12,19H2,1-2H3. The SMILES string of the molecule is CC1CC(c2ccccc2)c2ccccc2C1(C)N. The summed E-state index contributed by atoms with van der Waals surface area (Å²) in [6, 6.07) is 19.4. The monoisotopic (exact) mass is 251 g/mol. The van der Waals surface area contributed by atoms with Crippen LogP contribution in [0.5, 0.6) is 0 Å². The first kappa shape index (κ1) is 12.4. The van der Waals surface area contributed by atoms with Gasteiger partial charge in [-0.1, -0.05) is 61.5 Å². The molecule has 0 amide bonds. The Kier molecular flexibility index (Phi) is 2.94. The molecule has 1 aliphatic carbocycles. The maximum atomic E-state index is 6.57. The van der Waals surface area contributed by atoms with E-state index < -0.39 is 0 Å². The van der Waals surface area contributed by atoms with Crippen molar-refractivity contribution in [2.45, 2.75) is 31.7 Å². The molecule has 0 aromatic heterocycles. The molecule has 98 valence electrons. The maximum absolute atomic E-state index is 6.57. The van der Waals surface area contributed by atoms with Crippen molar-refractivity contribution in [2.75, 3.05) is 0 Å². The van der Waals surface area contributed by atoms with Crippen molar-refractivity contribution < 1.29 is 0 Å². The van der Waals surface area contributed by atoms with Gasteiger partial charge >= 0.3 is 0 Å². The quantitative estimate of drug-likeness (QED) is 0.813. The van der Waals surface area contributed by atoms with Crippen LogP contribution in [-0.2, 0) is 5.54 Å². The molecule has 0 bridgehead atoms. The number of fused-ring (bicyclic) bond motifs is 1. The van der Waals surface area contributed by atoms with E-state index in [0.717, 1.165) is 6.42 Å². The van der Waals surface area contributed by atoms with Crippen LogP contribution in [0.2, 0.25) is 0 Å². The van der Waals surface area contributed by atoms with Gasteiger partial charge in [0.05, 0.1) is 0 Å². The highest BCUT2D eigenvalue weighted by Crippen LogP contribution is 2.45. The smallest absolute Gasteiger partial charge is 0.0410 e. The molecule has 19 heavy (non-hydrogen) atoms. The van der Waals surface area contributed by atoms with Gasteiger partial charge in [-0.25, -0.2) is 0 Å². The summed E-state index contributed by atoms with van der Waals surface area (Å²) in [5.41, 5.74) is 10.5. The van der Waals surface area contributed by atoms with Gasteiger partial charge in [0.1, 0.15) is 0 Å². The van der Waals surface area contributed by atoms with Gasteiger partial charge in [0.25, 0.3) is 0 Å². The molecule has 1 nitrogen and oxygen atoms in total. The lowest BCUT2D eigenvalue weighted by molar-refractivity contribution is 0.271. The zero-order chi connectivity index (χ0) is 13.5. The van der Waals surface area contributed by atoms with Gasteiger partial charge in [-0.15, -0.1) is 0 Å². The predicted molar refractivity (Wildman–Crippen MR) is 80.0 cm³/mol. The third-order valence-corrected chi connectivity index (χ3v) is 4.73. The van der Waals surface area contributed by atoms with Gasteiger partial charge in [-0.05, 0) is 36.0 Å². The third-order valence-electron chi connectivity index (χ3n) is 4.73. The van der Waals surface area contributed by atoms with Gasteiger partial charge in [-0.2, -0.15) is 0 Å². The van der Waals surface area contributed by atoms with E-state index >= 15 is 0 Å². The normalized spacial score (nSPS) is 29.8. The van der Waals surface area contributed by atoms with E-state index in [1.165, 1.54) is 16.7 Å². The molecule has 3 unspecified atom stereocenters. The second kappa shape index (κ2) is 4.50. The Labute approximate surface area is 115 Å². The lowest BCUT2D eigenvalue weighted by Gasteiger charge is -2.42. The molecule has 0 aliphatic heterocycles. The Balaban J connectivity index is 2.14. The minimum absolute atomic E-state index is 0.220. The Hall–Kier alpha value is -1.60. The van der Waals surface area contributed by atoms with Crippen LogP contribution in [0.25, 0.3) is 0 Å². The van der Waals surface area contributed by atoms with Crippen LogP contribution in [0.3, 0.4) is 0 Å². The summed E-state index contributed by atoms with van der Waals surface area (Å²) in [7, 11) is 0. The molecule has 3 rings (SSSR count). The molecule has 0 fully saturated rings. The van der Waals surface area contributed by atoms with Crippen LogP contribution >= 0.6 is 0 Å². The largest absolute Gasteiger partial charge is 0.321 e. The first-order valence-corrected chi connectivity index (χ1v) is 7.04. The zero-order valence-electron chi connectivity index (χ0n) is 11.6. The Morgan fingerprint density at radius 1 is 1.00 bits per heavy atom. The van der Waals surface area contributed by atoms with Gasteiger partial charge in [-0.3, -0.25) is 0 Å². The van der Waals surface area contributed by atoms with Crippen LogP contribution in [-0.4, -0.2) is 0 Å². The fraction of sp³-hybridized carbons (Fsp3) is 0.333. The van der Waals surface area contributed by atoms with Crippen LogP contribution in [0.15, 0.2) is 54.6 Å². The van der Waals surface area contributed by atoms with Crippen LogP contribution in [0.1, 0.15) is 42.9 Å². The Morgan fingerprint density at radius 2 is 1.63 bits per heavy atom. The number of benzene rings is 2. The molecular weight excluding hydrogens is 230 g/mol. The molecule has 0 heterocycles. The highest BCUT2D eigenvalue weighted by Gasteiger charge is 2.38. The number of nitrogens with two attached hydrogens (primary N) is 1. The van der Waals surface area contributed by atoms with Crippen molar-refractivity contribution in [3.05, 3.63) is 71.3 Å². The molecule has 1 aliphatic rings. The second-order valence-corrected chi connectivity index (χ2v) is 5.97. The minimum Gasteiger partial charge on any atom is -0.321 e. The molecule has 2 aromatic carbocycles. The van der Waals surface area contributed by atoms with Gasteiger partial charge < -0.3 is 5.73 Å². The topological polar surface area (TPSA) is 26.0 Å². The van der Waals surface area contributed by atoms with Crippen molar-refractivity contribution in [3.8, 4) is 0 Å². The molecular formula is C18H21N. The van der Waals surface area contributed by atoms with Crippen LogP contribution in [0.4, 0.5) is 0 Å². The molecule has 1 heteroatoms. The van der Waals surface area contributed by atoms with Crippen LogP contribution in [0, 0.1) is 5.92 Å². The van der Waals surface area contributed by atoms with Crippen LogP contribution < -0.4 is 5.73 Å². The van der Waals surface area contributed by atoms with E-state index in [1.54, 1.807) is 0 Å². The minimum atomic E-state index is -0.220. The predicted octanol–water partition coefficient (Wildman–Crippen LogP) is 4.03. The van der Waals surface area contributed by atoms with Crippen molar-refractivity contribution in [3.63, 3.8) is 0 Å². The zero-order valence-corrected chi connectivity index (χ0v) is 11.6. The van der Waals surface area contributed by atoms with Gasteiger partial charge in [0.2, 0.25) is 0 Å². The number of hydrogen-bond acceptors (Lipinski definition) is 1. The molecule has 2 N–H and O–H groups in total. The summed E-state index contributed by atoms with van der Waals surface area (Å²) in [6.45, 7) is 4.43. The summed E-state index contributed by atoms with van der Waals surface area (Å²) in [4.78, 5) is 0. The first-order valence-electron chi connectivity index (χ1n) is 7.04. The highest BCUT2D eigenvalue weighted by atomic mass is 14.8. The molecule has 0 spiro atoms. The first-order chi connectivity index (χ1) is 9.10. The molecule has 0 saturated carbocycles. The van der Waals surface area contributed by atoms with E-state index in [9.17, 15) is 0 Å². The third kappa shape index (κ3) is 1.98. The summed E-state index contributed by atoms with van der Waals surface area (Å²) < 4.78 is 0. The van der Waals surface area contributed by atoms with Gasteiger partial charge in [0.15, 0.2) is 0 Å². The second-order valence-electron chi connectivity index (χ2n) is 5.97. The number of hydrogen-bond donors (Lipinski definition) is 1. The van der Waals surface area contributed by atoms with Gasteiger partial charge in [0, 0.05) is 11.5 Å². The van der Waals surface area contributed by atoms with Crippen molar-refractivity contribution in [1.82, 2.24) is 0 Å². The summed E-state index contributed by atoms with van der Waals surface area (Å²) in [6.07, 6.45) is 1.12. The highest BCUT2D eigenvalue weighted by molar-refractivity contribution is 5.44. The summed E-state index contributed by atoms with van der Waals surface area (Å²) >= 11 is 0. The molecule has 3 atom stereocenters. The van der Waals surface area contributed by atoms with Crippen molar-refractivity contribution in [1.29, 1.82) is 0 Å². The fourth-order valence-corrected chi connectivity index (χ4v) is 3.28. The Bertz CT molecular complexity index is 571. The van der Waals surface area contributed by atoms with E-state index in [0.29, 0.717) is 11.8 Å². The van der Waals surface area contributed by atoms with E-state index in [4.69, 9.17) is 5.73 Å². The lowest BCUT2D eigenvalue weighted by atomic mass is 9.66. The van der Waals surface area contributed by atoms with Crippen molar-refractivity contribution >= 4 is 0 Å². The molecule has 0 saturated heterocycles. The number of rotatable bonds is 1. The molecule has 0 radical (unpaired) electrons. The van der Waals surface area contributed by atoms with E-state index in [1.807, 2.05) is 0 Å². The average Bonchev–Trinajstić information content (AvgIpc) is 2.44. The summed E-state index contributed by atoms with van der Waals surface area (Å²) in [5, 5.41) is 0. The van der Waals surface area contributed by atoms with E-state index in [2.05, 4.69) is 68.4 Å².